The summed E-state index contributed by atoms with van der Waals surface area (Å²) >= 11 is 0. The monoisotopic (exact) mass is 271 g/mol. The zero-order chi connectivity index (χ0) is 14.3. The summed E-state index contributed by atoms with van der Waals surface area (Å²) in [6, 6.07) is 0.590. The molecule has 0 aliphatic carbocycles. The standard InChI is InChI=1S/C15H33N3O/c1-5-14-11-17(4)7-6-8-18(14)12-15(19)10-16-9-13(2)3/h13-16,19H,5-12H2,1-4H3. The molecule has 1 aliphatic rings. The van der Waals surface area contributed by atoms with Crippen molar-refractivity contribution in [3.8, 4) is 0 Å². The quantitative estimate of drug-likeness (QED) is 0.725. The number of aliphatic hydroxyl groups is 1. The number of aliphatic hydroxyl groups excluding tert-OH is 1. The largest absolute Gasteiger partial charge is 0.390 e. The number of β-amino-alcohol motifs (C(OH)–C–C–N with tert-alkyl or cyclic N) is 1. The van der Waals surface area contributed by atoms with Crippen LogP contribution in [-0.4, -0.2) is 73.4 Å². The lowest BCUT2D eigenvalue weighted by molar-refractivity contribution is 0.0844. The van der Waals surface area contributed by atoms with Crippen molar-refractivity contribution < 1.29 is 5.11 Å². The predicted molar refractivity (Wildman–Crippen MR) is 81.5 cm³/mol. The minimum absolute atomic E-state index is 0.254. The highest BCUT2D eigenvalue weighted by atomic mass is 16.3. The van der Waals surface area contributed by atoms with Gasteiger partial charge < -0.3 is 15.3 Å². The second-order valence-corrected chi connectivity index (χ2v) is 6.38. The van der Waals surface area contributed by atoms with Crippen LogP contribution in [0.3, 0.4) is 0 Å². The summed E-state index contributed by atoms with van der Waals surface area (Å²) < 4.78 is 0. The Balaban J connectivity index is 2.35. The Morgan fingerprint density at radius 3 is 2.63 bits per heavy atom. The topological polar surface area (TPSA) is 38.7 Å². The number of hydrogen-bond acceptors (Lipinski definition) is 4. The summed E-state index contributed by atoms with van der Waals surface area (Å²) in [5.74, 6) is 0.641. The van der Waals surface area contributed by atoms with Gasteiger partial charge in [0.15, 0.2) is 0 Å². The van der Waals surface area contributed by atoms with E-state index in [9.17, 15) is 5.11 Å². The second kappa shape index (κ2) is 8.90. The van der Waals surface area contributed by atoms with Crippen LogP contribution in [0.25, 0.3) is 0 Å². The number of nitrogens with zero attached hydrogens (tertiary/aromatic N) is 2. The molecule has 1 fully saturated rings. The highest BCUT2D eigenvalue weighted by molar-refractivity contribution is 4.80. The lowest BCUT2D eigenvalue weighted by atomic mass is 10.1. The molecular formula is C15H33N3O. The van der Waals surface area contributed by atoms with Crippen molar-refractivity contribution >= 4 is 0 Å². The Morgan fingerprint density at radius 2 is 2.00 bits per heavy atom. The molecule has 114 valence electrons. The van der Waals surface area contributed by atoms with Crippen LogP contribution < -0.4 is 5.32 Å². The van der Waals surface area contributed by atoms with Crippen molar-refractivity contribution in [2.75, 3.05) is 46.3 Å². The Hall–Kier alpha value is -0.160. The van der Waals surface area contributed by atoms with E-state index in [4.69, 9.17) is 0 Å². The molecule has 1 saturated heterocycles. The molecular weight excluding hydrogens is 238 g/mol. The maximum atomic E-state index is 10.2. The molecule has 0 radical (unpaired) electrons. The van der Waals surface area contributed by atoms with Crippen LogP contribution in [0.15, 0.2) is 0 Å². The molecule has 1 heterocycles. The van der Waals surface area contributed by atoms with Gasteiger partial charge in [-0.1, -0.05) is 20.8 Å². The minimum Gasteiger partial charge on any atom is -0.390 e. The van der Waals surface area contributed by atoms with Crippen molar-refractivity contribution in [3.63, 3.8) is 0 Å². The molecule has 0 aromatic rings. The van der Waals surface area contributed by atoms with Gasteiger partial charge in [0.05, 0.1) is 6.10 Å². The zero-order valence-electron chi connectivity index (χ0n) is 13.2. The van der Waals surface area contributed by atoms with Gasteiger partial charge in [-0.2, -0.15) is 0 Å². The van der Waals surface area contributed by atoms with Gasteiger partial charge in [-0.05, 0) is 45.4 Å². The molecule has 0 aromatic heterocycles. The van der Waals surface area contributed by atoms with Gasteiger partial charge in [0.2, 0.25) is 0 Å². The van der Waals surface area contributed by atoms with Crippen molar-refractivity contribution in [1.82, 2.24) is 15.1 Å². The van der Waals surface area contributed by atoms with E-state index in [0.717, 1.165) is 32.6 Å². The van der Waals surface area contributed by atoms with Crippen LogP contribution in [0.1, 0.15) is 33.6 Å². The first-order chi connectivity index (χ1) is 9.02. The second-order valence-electron chi connectivity index (χ2n) is 6.38. The van der Waals surface area contributed by atoms with Gasteiger partial charge in [0.1, 0.15) is 0 Å². The maximum Gasteiger partial charge on any atom is 0.0791 e. The molecule has 0 aromatic carbocycles. The Kier molecular flexibility index (Phi) is 7.91. The predicted octanol–water partition coefficient (Wildman–Crippen LogP) is 1.01. The van der Waals surface area contributed by atoms with E-state index in [1.807, 2.05) is 0 Å². The fourth-order valence-corrected chi connectivity index (χ4v) is 2.79. The third-order valence-corrected chi connectivity index (χ3v) is 3.87. The van der Waals surface area contributed by atoms with Gasteiger partial charge in [-0.3, -0.25) is 4.90 Å². The summed E-state index contributed by atoms with van der Waals surface area (Å²) in [5.41, 5.74) is 0. The van der Waals surface area contributed by atoms with E-state index in [1.165, 1.54) is 13.0 Å². The van der Waals surface area contributed by atoms with Crippen LogP contribution in [0.4, 0.5) is 0 Å². The average Bonchev–Trinajstić information content (AvgIpc) is 2.50. The van der Waals surface area contributed by atoms with Crippen LogP contribution >= 0.6 is 0 Å². The first-order valence-corrected chi connectivity index (χ1v) is 7.84. The number of likely N-dealkylation sites (N-methyl/N-ethyl adjacent to an activating group) is 1. The van der Waals surface area contributed by atoms with Crippen LogP contribution in [0.2, 0.25) is 0 Å². The Morgan fingerprint density at radius 1 is 1.26 bits per heavy atom. The highest BCUT2D eigenvalue weighted by Gasteiger charge is 2.23. The maximum absolute atomic E-state index is 10.2. The molecule has 0 amide bonds. The van der Waals surface area contributed by atoms with E-state index >= 15 is 0 Å². The van der Waals surface area contributed by atoms with Crippen molar-refractivity contribution in [1.29, 1.82) is 0 Å². The SMILES string of the molecule is CCC1CN(C)CCCN1CC(O)CNCC(C)C. The van der Waals surface area contributed by atoms with E-state index < -0.39 is 0 Å². The summed E-state index contributed by atoms with van der Waals surface area (Å²) in [4.78, 5) is 4.89. The van der Waals surface area contributed by atoms with E-state index in [-0.39, 0.29) is 6.10 Å². The Bertz CT molecular complexity index is 235. The molecule has 4 heteroatoms. The first-order valence-electron chi connectivity index (χ1n) is 7.84. The first kappa shape index (κ1) is 16.9. The molecule has 0 bridgehead atoms. The normalized spacial score (nSPS) is 24.6. The van der Waals surface area contributed by atoms with Crippen LogP contribution in [0.5, 0.6) is 0 Å². The zero-order valence-corrected chi connectivity index (χ0v) is 13.2. The summed E-state index contributed by atoms with van der Waals surface area (Å²) in [6.07, 6.45) is 2.12. The molecule has 2 N–H and O–H groups in total. The summed E-state index contributed by atoms with van der Waals surface area (Å²) in [5, 5.41) is 13.5. The van der Waals surface area contributed by atoms with E-state index in [2.05, 4.69) is 42.9 Å². The van der Waals surface area contributed by atoms with Crippen LogP contribution in [-0.2, 0) is 0 Å². The van der Waals surface area contributed by atoms with Gasteiger partial charge in [-0.25, -0.2) is 0 Å². The average molecular weight is 271 g/mol. The highest BCUT2D eigenvalue weighted by Crippen LogP contribution is 2.12. The van der Waals surface area contributed by atoms with Gasteiger partial charge in [0, 0.05) is 25.7 Å². The lowest BCUT2D eigenvalue weighted by Crippen LogP contribution is -2.46. The number of hydrogen-bond donors (Lipinski definition) is 2. The molecule has 2 unspecified atom stereocenters. The summed E-state index contributed by atoms with van der Waals surface area (Å²) in [7, 11) is 2.20. The van der Waals surface area contributed by atoms with Crippen molar-refractivity contribution in [3.05, 3.63) is 0 Å². The Labute approximate surface area is 119 Å². The van der Waals surface area contributed by atoms with E-state index in [1.54, 1.807) is 0 Å². The summed E-state index contributed by atoms with van der Waals surface area (Å²) in [6.45, 7) is 12.5. The lowest BCUT2D eigenvalue weighted by Gasteiger charge is -2.31. The van der Waals surface area contributed by atoms with Crippen molar-refractivity contribution in [2.24, 2.45) is 5.92 Å². The molecule has 4 nitrogen and oxygen atoms in total. The van der Waals surface area contributed by atoms with E-state index in [0.29, 0.717) is 18.5 Å². The third-order valence-electron chi connectivity index (χ3n) is 3.87. The molecule has 0 spiro atoms. The van der Waals surface area contributed by atoms with Gasteiger partial charge in [0.25, 0.3) is 0 Å². The molecule has 1 aliphatic heterocycles. The van der Waals surface area contributed by atoms with Crippen LogP contribution in [0, 0.1) is 5.92 Å². The fourth-order valence-electron chi connectivity index (χ4n) is 2.79. The fraction of sp³-hybridized carbons (Fsp3) is 1.00. The minimum atomic E-state index is -0.254. The van der Waals surface area contributed by atoms with Gasteiger partial charge >= 0.3 is 0 Å². The van der Waals surface area contributed by atoms with Gasteiger partial charge in [-0.15, -0.1) is 0 Å². The number of nitrogens with one attached hydrogen (secondary N) is 1. The molecule has 2 atom stereocenters. The smallest absolute Gasteiger partial charge is 0.0791 e. The molecule has 1 rings (SSSR count). The molecule has 19 heavy (non-hydrogen) atoms. The molecule has 0 saturated carbocycles. The third kappa shape index (κ3) is 6.70. The van der Waals surface area contributed by atoms with Crippen molar-refractivity contribution in [2.45, 2.75) is 45.8 Å². The number of rotatable bonds is 7.